The number of anilines is 1. The van der Waals surface area contributed by atoms with Crippen molar-refractivity contribution in [3.63, 3.8) is 0 Å². The van der Waals surface area contributed by atoms with E-state index in [1.165, 1.54) is 12.1 Å². The molecule has 0 aliphatic carbocycles. The highest BCUT2D eigenvalue weighted by Gasteiger charge is 2.25. The van der Waals surface area contributed by atoms with Gasteiger partial charge in [-0.25, -0.2) is 0 Å². The quantitative estimate of drug-likeness (QED) is 0.785. The maximum Gasteiger partial charge on any atom is 0.154 e. The molecule has 1 saturated heterocycles. The molecule has 0 bridgehead atoms. The van der Waals surface area contributed by atoms with Crippen LogP contribution in [0.1, 0.15) is 28.8 Å². The van der Waals surface area contributed by atoms with Crippen LogP contribution in [0.5, 0.6) is 5.75 Å². The fourth-order valence-corrected chi connectivity index (χ4v) is 3.08. The van der Waals surface area contributed by atoms with Crippen LogP contribution >= 0.6 is 0 Å². The maximum atomic E-state index is 11.2. The molecule has 0 amide bonds. The highest BCUT2D eigenvalue weighted by atomic mass is 16.5. The van der Waals surface area contributed by atoms with Crippen molar-refractivity contribution < 1.29 is 9.53 Å². The Morgan fingerprint density at radius 3 is 2.77 bits per heavy atom. The smallest absolute Gasteiger partial charge is 0.154 e. The van der Waals surface area contributed by atoms with Crippen molar-refractivity contribution in [2.24, 2.45) is 0 Å². The summed E-state index contributed by atoms with van der Waals surface area (Å²) < 4.78 is 5.97. The number of nitrogens with zero attached hydrogens (tertiary/aromatic N) is 1. The fraction of sp³-hybridized carbons (Fsp3) is 0.316. The second-order valence-electron chi connectivity index (χ2n) is 5.74. The first-order valence-electron chi connectivity index (χ1n) is 7.79. The molecule has 114 valence electrons. The van der Waals surface area contributed by atoms with Crippen LogP contribution in [0, 0.1) is 6.92 Å². The van der Waals surface area contributed by atoms with Crippen LogP contribution in [0.15, 0.2) is 48.5 Å². The topological polar surface area (TPSA) is 29.5 Å². The van der Waals surface area contributed by atoms with Crippen molar-refractivity contribution in [2.45, 2.75) is 25.8 Å². The number of hydrogen-bond donors (Lipinski definition) is 0. The zero-order chi connectivity index (χ0) is 15.4. The first kappa shape index (κ1) is 14.6. The molecule has 0 radical (unpaired) electrons. The number of para-hydroxylation sites is 1. The van der Waals surface area contributed by atoms with Gasteiger partial charge in [-0.3, -0.25) is 4.79 Å². The molecule has 3 nitrogen and oxygen atoms in total. The molecule has 0 aromatic heterocycles. The summed E-state index contributed by atoms with van der Waals surface area (Å²) in [6.45, 7) is 3.61. The summed E-state index contributed by atoms with van der Waals surface area (Å²) in [5.74, 6) is 0.690. The van der Waals surface area contributed by atoms with Crippen molar-refractivity contribution in [1.82, 2.24) is 0 Å². The van der Waals surface area contributed by atoms with Crippen LogP contribution in [-0.2, 0) is 0 Å². The minimum absolute atomic E-state index is 0.363. The fourth-order valence-electron chi connectivity index (χ4n) is 3.08. The van der Waals surface area contributed by atoms with Gasteiger partial charge >= 0.3 is 0 Å². The Morgan fingerprint density at radius 2 is 2.00 bits per heavy atom. The molecule has 3 heteroatoms. The van der Waals surface area contributed by atoms with E-state index in [1.807, 2.05) is 31.2 Å². The predicted octanol–water partition coefficient (Wildman–Crippen LogP) is 3.86. The Balaban J connectivity index is 1.71. The average Bonchev–Trinajstić information content (AvgIpc) is 3.02. The maximum absolute atomic E-state index is 11.2. The number of benzene rings is 2. The molecule has 0 saturated carbocycles. The number of aryl methyl sites for hydroxylation is 1. The lowest BCUT2D eigenvalue weighted by Crippen LogP contribution is -2.34. The Kier molecular flexibility index (Phi) is 4.42. The van der Waals surface area contributed by atoms with Crippen LogP contribution in [0.3, 0.4) is 0 Å². The van der Waals surface area contributed by atoms with Crippen LogP contribution in [-0.4, -0.2) is 25.5 Å². The van der Waals surface area contributed by atoms with E-state index in [4.69, 9.17) is 4.74 Å². The Hall–Kier alpha value is -2.29. The van der Waals surface area contributed by atoms with Crippen molar-refractivity contribution in [3.8, 4) is 5.75 Å². The van der Waals surface area contributed by atoms with Gasteiger partial charge in [-0.15, -0.1) is 0 Å². The molecule has 0 spiro atoms. The summed E-state index contributed by atoms with van der Waals surface area (Å²) in [7, 11) is 0. The summed E-state index contributed by atoms with van der Waals surface area (Å²) in [6, 6.07) is 16.6. The molecule has 0 unspecified atom stereocenters. The summed E-state index contributed by atoms with van der Waals surface area (Å²) in [5, 5.41) is 0. The van der Waals surface area contributed by atoms with Crippen molar-refractivity contribution >= 4 is 12.0 Å². The molecule has 1 aliphatic heterocycles. The first-order chi connectivity index (χ1) is 10.8. The Bertz CT molecular complexity index is 639. The number of aldehydes is 1. The van der Waals surface area contributed by atoms with Crippen molar-refractivity contribution in [1.29, 1.82) is 0 Å². The van der Waals surface area contributed by atoms with Crippen LogP contribution in [0.25, 0.3) is 0 Å². The van der Waals surface area contributed by atoms with Gasteiger partial charge < -0.3 is 9.64 Å². The number of rotatable bonds is 5. The number of ether oxygens (including phenoxy) is 1. The van der Waals surface area contributed by atoms with E-state index in [2.05, 4.69) is 29.2 Å². The largest absolute Gasteiger partial charge is 0.491 e. The minimum Gasteiger partial charge on any atom is -0.491 e. The number of carbonyl (C=O) groups excluding carboxylic acids is 1. The first-order valence-corrected chi connectivity index (χ1v) is 7.79. The molecule has 1 heterocycles. The lowest BCUT2D eigenvalue weighted by atomic mass is 10.1. The van der Waals surface area contributed by atoms with E-state index in [1.54, 1.807) is 0 Å². The zero-order valence-corrected chi connectivity index (χ0v) is 12.9. The van der Waals surface area contributed by atoms with Crippen LogP contribution < -0.4 is 9.64 Å². The lowest BCUT2D eigenvalue weighted by Gasteiger charge is -2.27. The van der Waals surface area contributed by atoms with E-state index in [9.17, 15) is 4.79 Å². The summed E-state index contributed by atoms with van der Waals surface area (Å²) >= 11 is 0. The Morgan fingerprint density at radius 1 is 1.18 bits per heavy atom. The SMILES string of the molecule is Cc1cccc(OC[C@@H]2CCCN2c2ccccc2)c1C=O. The van der Waals surface area contributed by atoms with Crippen molar-refractivity contribution in [2.75, 3.05) is 18.1 Å². The third-order valence-corrected chi connectivity index (χ3v) is 4.30. The van der Waals surface area contributed by atoms with E-state index in [0.717, 1.165) is 24.8 Å². The second-order valence-corrected chi connectivity index (χ2v) is 5.74. The predicted molar refractivity (Wildman–Crippen MR) is 88.9 cm³/mol. The molecule has 2 aromatic carbocycles. The second kappa shape index (κ2) is 6.65. The monoisotopic (exact) mass is 295 g/mol. The summed E-state index contributed by atoms with van der Waals surface area (Å²) in [6.07, 6.45) is 3.18. The number of hydrogen-bond acceptors (Lipinski definition) is 3. The normalized spacial score (nSPS) is 17.5. The highest BCUT2D eigenvalue weighted by molar-refractivity contribution is 5.81. The summed E-state index contributed by atoms with van der Waals surface area (Å²) in [5.41, 5.74) is 2.86. The molecule has 1 atom stereocenters. The van der Waals surface area contributed by atoms with Crippen LogP contribution in [0.2, 0.25) is 0 Å². The van der Waals surface area contributed by atoms with Gasteiger partial charge in [0.1, 0.15) is 12.4 Å². The van der Waals surface area contributed by atoms with Crippen LogP contribution in [0.4, 0.5) is 5.69 Å². The molecule has 3 rings (SSSR count). The van der Waals surface area contributed by atoms with Gasteiger partial charge in [0.2, 0.25) is 0 Å². The van der Waals surface area contributed by atoms with Gasteiger partial charge in [-0.1, -0.05) is 30.3 Å². The standard InChI is InChI=1S/C19H21NO2/c1-15-7-5-11-19(18(15)13-21)22-14-17-10-6-12-20(17)16-8-3-2-4-9-16/h2-5,7-9,11,13,17H,6,10,12,14H2,1H3/t17-/m0/s1. The van der Waals surface area contributed by atoms with E-state index in [-0.39, 0.29) is 0 Å². The average molecular weight is 295 g/mol. The third-order valence-electron chi connectivity index (χ3n) is 4.30. The molecule has 22 heavy (non-hydrogen) atoms. The highest BCUT2D eigenvalue weighted by Crippen LogP contribution is 2.27. The zero-order valence-electron chi connectivity index (χ0n) is 12.9. The van der Waals surface area contributed by atoms with Gasteiger partial charge in [0, 0.05) is 12.2 Å². The van der Waals surface area contributed by atoms with Gasteiger partial charge in [0.15, 0.2) is 6.29 Å². The molecule has 1 fully saturated rings. The third kappa shape index (κ3) is 2.98. The van der Waals surface area contributed by atoms with Gasteiger partial charge in [-0.2, -0.15) is 0 Å². The van der Waals surface area contributed by atoms with Gasteiger partial charge in [-0.05, 0) is 43.5 Å². The van der Waals surface area contributed by atoms with E-state index >= 15 is 0 Å². The summed E-state index contributed by atoms with van der Waals surface area (Å²) in [4.78, 5) is 13.6. The van der Waals surface area contributed by atoms with Gasteiger partial charge in [0.05, 0.1) is 11.6 Å². The lowest BCUT2D eigenvalue weighted by molar-refractivity contribution is 0.111. The minimum atomic E-state index is 0.363. The van der Waals surface area contributed by atoms with Crippen molar-refractivity contribution in [3.05, 3.63) is 59.7 Å². The molecule has 0 N–H and O–H groups in total. The van der Waals surface area contributed by atoms with E-state index in [0.29, 0.717) is 24.0 Å². The number of carbonyl (C=O) groups is 1. The molecule has 2 aromatic rings. The molecular weight excluding hydrogens is 274 g/mol. The molecular formula is C19H21NO2. The molecule has 1 aliphatic rings. The van der Waals surface area contributed by atoms with E-state index < -0.39 is 0 Å². The Labute approximate surface area is 131 Å². The van der Waals surface area contributed by atoms with Gasteiger partial charge in [0.25, 0.3) is 0 Å².